The van der Waals surface area contributed by atoms with Gasteiger partial charge in [-0.05, 0) is 48.2 Å². The van der Waals surface area contributed by atoms with Crippen LogP contribution in [0.2, 0.25) is 0 Å². The lowest BCUT2D eigenvalue weighted by atomic mass is 10.1. The Morgan fingerprint density at radius 3 is 2.65 bits per heavy atom. The molecule has 0 radical (unpaired) electrons. The third kappa shape index (κ3) is 3.38. The number of pyridine rings is 1. The van der Waals surface area contributed by atoms with Crippen molar-refractivity contribution in [3.8, 4) is 11.5 Å². The van der Waals surface area contributed by atoms with Gasteiger partial charge in [-0.3, -0.25) is 9.78 Å². The molecular weight excluding hydrogens is 326 g/mol. The summed E-state index contributed by atoms with van der Waals surface area (Å²) in [6.07, 6.45) is 6.24. The maximum absolute atomic E-state index is 12.4. The van der Waals surface area contributed by atoms with Gasteiger partial charge in [-0.2, -0.15) is 0 Å². The lowest BCUT2D eigenvalue weighted by Crippen LogP contribution is -2.14. The van der Waals surface area contributed by atoms with Crippen LogP contribution in [0.15, 0.2) is 59.4 Å². The van der Waals surface area contributed by atoms with Crippen molar-refractivity contribution in [2.45, 2.75) is 32.1 Å². The fourth-order valence-electron chi connectivity index (χ4n) is 3.07. The van der Waals surface area contributed by atoms with Crippen molar-refractivity contribution in [3.63, 3.8) is 0 Å². The van der Waals surface area contributed by atoms with E-state index in [1.165, 1.54) is 0 Å². The Balaban J connectivity index is 1.39. The monoisotopic (exact) mass is 347 g/mol. The molecule has 3 aromatic rings. The van der Waals surface area contributed by atoms with E-state index in [4.69, 9.17) is 4.42 Å². The molecule has 0 unspecified atom stereocenters. The van der Waals surface area contributed by atoms with Crippen LogP contribution in [-0.2, 0) is 4.79 Å². The molecule has 2 aromatic heterocycles. The van der Waals surface area contributed by atoms with E-state index in [-0.39, 0.29) is 17.7 Å². The first-order valence-electron chi connectivity index (χ1n) is 8.89. The van der Waals surface area contributed by atoms with Crippen LogP contribution < -0.4 is 5.32 Å². The van der Waals surface area contributed by atoms with E-state index in [9.17, 15) is 4.79 Å². The molecule has 0 spiro atoms. The van der Waals surface area contributed by atoms with Crippen LogP contribution in [0, 0.1) is 5.92 Å². The highest BCUT2D eigenvalue weighted by molar-refractivity contribution is 5.95. The van der Waals surface area contributed by atoms with Crippen molar-refractivity contribution in [2.75, 3.05) is 5.32 Å². The predicted molar refractivity (Wildman–Crippen MR) is 99.7 cm³/mol. The van der Waals surface area contributed by atoms with Crippen molar-refractivity contribution in [1.29, 1.82) is 0 Å². The van der Waals surface area contributed by atoms with Gasteiger partial charge in [-0.25, -0.2) is 4.98 Å². The molecule has 4 rings (SSSR count). The molecule has 2 atom stereocenters. The zero-order chi connectivity index (χ0) is 18.1. The summed E-state index contributed by atoms with van der Waals surface area (Å²) in [5.41, 5.74) is 2.81. The van der Waals surface area contributed by atoms with Crippen molar-refractivity contribution in [3.05, 3.63) is 66.3 Å². The highest BCUT2D eigenvalue weighted by atomic mass is 16.4. The van der Waals surface area contributed by atoms with Crippen molar-refractivity contribution in [2.24, 2.45) is 5.92 Å². The molecule has 1 N–H and O–H groups in total. The van der Waals surface area contributed by atoms with Gasteiger partial charge in [-0.15, -0.1) is 0 Å². The number of hydrogen-bond acceptors (Lipinski definition) is 4. The van der Waals surface area contributed by atoms with Crippen LogP contribution in [0.1, 0.15) is 43.4 Å². The average molecular weight is 347 g/mol. The zero-order valence-electron chi connectivity index (χ0n) is 14.8. The molecular formula is C21H21N3O2. The topological polar surface area (TPSA) is 68.0 Å². The molecule has 1 fully saturated rings. The molecule has 1 aromatic carbocycles. The number of oxazole rings is 1. The number of carbonyl (C=O) groups excluding carboxylic acids is 1. The Labute approximate surface area is 152 Å². The summed E-state index contributed by atoms with van der Waals surface area (Å²) in [7, 11) is 0. The second kappa shape index (κ2) is 6.75. The maximum Gasteiger partial charge on any atom is 0.228 e. The van der Waals surface area contributed by atoms with Crippen LogP contribution >= 0.6 is 0 Å². The first kappa shape index (κ1) is 16.5. The molecule has 5 heteroatoms. The number of benzene rings is 1. The summed E-state index contributed by atoms with van der Waals surface area (Å²) >= 11 is 0. The molecule has 0 aliphatic heterocycles. The standard InChI is InChI=1S/C21H21N3O2/c1-13(2)19-12-23-21(26-19)14-5-7-16(8-6-14)24-20(25)18-10-17(18)15-4-3-9-22-11-15/h3-9,11-13,17-18H,10H2,1-2H3,(H,24,25)/t17-,18+/m1/s1. The third-order valence-electron chi connectivity index (χ3n) is 4.73. The molecule has 0 bridgehead atoms. The molecule has 26 heavy (non-hydrogen) atoms. The summed E-state index contributed by atoms with van der Waals surface area (Å²) in [5.74, 6) is 2.15. The quantitative estimate of drug-likeness (QED) is 0.732. The first-order chi connectivity index (χ1) is 12.6. The minimum absolute atomic E-state index is 0.0271. The second-order valence-corrected chi connectivity index (χ2v) is 7.02. The molecule has 1 aliphatic rings. The van der Waals surface area contributed by atoms with Gasteiger partial charge in [0.1, 0.15) is 5.76 Å². The van der Waals surface area contributed by atoms with Crippen LogP contribution in [0.4, 0.5) is 5.69 Å². The van der Waals surface area contributed by atoms with E-state index >= 15 is 0 Å². The summed E-state index contributed by atoms with van der Waals surface area (Å²) in [6, 6.07) is 11.5. The lowest BCUT2D eigenvalue weighted by Gasteiger charge is -2.06. The third-order valence-corrected chi connectivity index (χ3v) is 4.73. The fourth-order valence-corrected chi connectivity index (χ4v) is 3.07. The number of carbonyl (C=O) groups is 1. The van der Waals surface area contributed by atoms with Gasteiger partial charge in [0, 0.05) is 35.5 Å². The van der Waals surface area contributed by atoms with E-state index in [1.807, 2.05) is 42.6 Å². The highest BCUT2D eigenvalue weighted by Gasteiger charge is 2.44. The number of rotatable bonds is 5. The summed E-state index contributed by atoms with van der Waals surface area (Å²) in [4.78, 5) is 20.9. The van der Waals surface area contributed by atoms with E-state index in [0.29, 0.717) is 11.8 Å². The maximum atomic E-state index is 12.4. The fraction of sp³-hybridized carbons (Fsp3) is 0.286. The Hall–Kier alpha value is -2.95. The minimum Gasteiger partial charge on any atom is -0.441 e. The molecule has 1 saturated carbocycles. The first-order valence-corrected chi connectivity index (χ1v) is 8.89. The van der Waals surface area contributed by atoms with Crippen molar-refractivity contribution < 1.29 is 9.21 Å². The van der Waals surface area contributed by atoms with Crippen LogP contribution in [0.3, 0.4) is 0 Å². The van der Waals surface area contributed by atoms with Gasteiger partial charge in [0.25, 0.3) is 0 Å². The normalized spacial score (nSPS) is 18.7. The molecule has 2 heterocycles. The summed E-state index contributed by atoms with van der Waals surface area (Å²) in [5, 5.41) is 3.00. The Morgan fingerprint density at radius 1 is 1.19 bits per heavy atom. The van der Waals surface area contributed by atoms with Crippen LogP contribution in [0.25, 0.3) is 11.5 Å². The predicted octanol–water partition coefficient (Wildman–Crippen LogP) is 4.60. The molecule has 132 valence electrons. The van der Waals surface area contributed by atoms with Crippen molar-refractivity contribution in [1.82, 2.24) is 9.97 Å². The minimum atomic E-state index is 0.0271. The molecule has 1 amide bonds. The SMILES string of the molecule is CC(C)c1cnc(-c2ccc(NC(=O)[C@H]3C[C@@H]3c3cccnc3)cc2)o1. The van der Waals surface area contributed by atoms with E-state index in [2.05, 4.69) is 29.1 Å². The Bertz CT molecular complexity index is 901. The van der Waals surface area contributed by atoms with Gasteiger partial charge in [-0.1, -0.05) is 19.9 Å². The van der Waals surface area contributed by atoms with Gasteiger partial charge in [0.2, 0.25) is 11.8 Å². The lowest BCUT2D eigenvalue weighted by molar-refractivity contribution is -0.117. The average Bonchev–Trinajstić information content (AvgIpc) is 3.31. The Kier molecular flexibility index (Phi) is 4.29. The van der Waals surface area contributed by atoms with Crippen molar-refractivity contribution >= 4 is 11.6 Å². The van der Waals surface area contributed by atoms with E-state index < -0.39 is 0 Å². The highest BCUT2D eigenvalue weighted by Crippen LogP contribution is 2.47. The van der Waals surface area contributed by atoms with Gasteiger partial charge >= 0.3 is 0 Å². The molecule has 5 nitrogen and oxygen atoms in total. The van der Waals surface area contributed by atoms with E-state index in [1.54, 1.807) is 12.4 Å². The number of amides is 1. The summed E-state index contributed by atoms with van der Waals surface area (Å²) < 4.78 is 5.76. The smallest absolute Gasteiger partial charge is 0.228 e. The Morgan fingerprint density at radius 2 is 2.00 bits per heavy atom. The van der Waals surface area contributed by atoms with Crippen LogP contribution in [-0.4, -0.2) is 15.9 Å². The number of nitrogens with zero attached hydrogens (tertiary/aromatic N) is 2. The molecule has 1 aliphatic carbocycles. The van der Waals surface area contributed by atoms with Gasteiger partial charge in [0.05, 0.1) is 6.20 Å². The van der Waals surface area contributed by atoms with Gasteiger partial charge in [0.15, 0.2) is 0 Å². The number of hydrogen-bond donors (Lipinski definition) is 1. The zero-order valence-corrected chi connectivity index (χ0v) is 14.8. The largest absolute Gasteiger partial charge is 0.441 e. The number of nitrogens with one attached hydrogen (secondary N) is 1. The van der Waals surface area contributed by atoms with Crippen LogP contribution in [0.5, 0.6) is 0 Å². The molecule has 0 saturated heterocycles. The summed E-state index contributed by atoms with van der Waals surface area (Å²) in [6.45, 7) is 4.14. The number of aromatic nitrogens is 2. The second-order valence-electron chi connectivity index (χ2n) is 7.02. The van der Waals surface area contributed by atoms with E-state index in [0.717, 1.165) is 29.0 Å². The number of anilines is 1. The van der Waals surface area contributed by atoms with Gasteiger partial charge < -0.3 is 9.73 Å².